The largest absolute Gasteiger partial charge is 0.497 e. The number of rotatable bonds is 5. The summed E-state index contributed by atoms with van der Waals surface area (Å²) in [6.45, 7) is 4.68. The third kappa shape index (κ3) is 6.52. The van der Waals surface area contributed by atoms with Crippen LogP contribution in [0.15, 0.2) is 47.5 Å². The lowest BCUT2D eigenvalue weighted by atomic mass is 10.0. The zero-order chi connectivity index (χ0) is 23.2. The van der Waals surface area contributed by atoms with Crippen LogP contribution in [0.4, 0.5) is 13.2 Å². The van der Waals surface area contributed by atoms with E-state index in [-0.39, 0.29) is 12.1 Å². The van der Waals surface area contributed by atoms with Crippen LogP contribution in [0.5, 0.6) is 11.5 Å². The van der Waals surface area contributed by atoms with Gasteiger partial charge in [0.25, 0.3) is 0 Å². The Morgan fingerprint density at radius 2 is 1.84 bits per heavy atom. The van der Waals surface area contributed by atoms with Gasteiger partial charge in [0.1, 0.15) is 17.3 Å². The summed E-state index contributed by atoms with van der Waals surface area (Å²) in [6, 6.07) is 13.9. The SMILES string of the molecule is CCOc1cc(OC)ccc1C1=NC(c2ccc(Cl)cc2)C(C)N1.O=C(O)C(F)(F)F. The van der Waals surface area contributed by atoms with Gasteiger partial charge in [0.2, 0.25) is 0 Å². The average molecular weight is 459 g/mol. The van der Waals surface area contributed by atoms with Crippen LogP contribution in [0, 0.1) is 0 Å². The fraction of sp³-hybridized carbons (Fsp3) is 0.333. The van der Waals surface area contributed by atoms with Gasteiger partial charge in [-0.3, -0.25) is 4.99 Å². The molecule has 0 saturated heterocycles. The second-order valence-electron chi connectivity index (χ2n) is 6.51. The van der Waals surface area contributed by atoms with Crippen LogP contribution >= 0.6 is 11.6 Å². The minimum Gasteiger partial charge on any atom is -0.497 e. The Labute approximate surface area is 182 Å². The van der Waals surface area contributed by atoms with E-state index >= 15 is 0 Å². The van der Waals surface area contributed by atoms with E-state index in [1.807, 2.05) is 49.4 Å². The van der Waals surface area contributed by atoms with Gasteiger partial charge >= 0.3 is 12.1 Å². The number of carboxylic acids is 1. The number of carbonyl (C=O) groups is 1. The molecular formula is C21H22ClF3N2O4. The zero-order valence-corrected chi connectivity index (χ0v) is 17.8. The molecule has 2 aromatic carbocycles. The second kappa shape index (κ2) is 10.4. The molecule has 2 atom stereocenters. The molecule has 1 aliphatic rings. The summed E-state index contributed by atoms with van der Waals surface area (Å²) in [5.41, 5.74) is 2.09. The van der Waals surface area contributed by atoms with E-state index in [0.29, 0.717) is 6.61 Å². The second-order valence-corrected chi connectivity index (χ2v) is 6.94. The van der Waals surface area contributed by atoms with Gasteiger partial charge < -0.3 is 19.9 Å². The number of aliphatic carboxylic acids is 1. The first-order valence-electron chi connectivity index (χ1n) is 9.28. The number of alkyl halides is 3. The van der Waals surface area contributed by atoms with Crippen LogP contribution in [0.2, 0.25) is 5.02 Å². The molecule has 1 heterocycles. The highest BCUT2D eigenvalue weighted by molar-refractivity contribution is 6.30. The molecule has 0 bridgehead atoms. The molecule has 0 spiro atoms. The van der Waals surface area contributed by atoms with Gasteiger partial charge in [0.15, 0.2) is 0 Å². The molecule has 2 unspecified atom stereocenters. The van der Waals surface area contributed by atoms with Crippen LogP contribution in [0.25, 0.3) is 0 Å². The predicted octanol–water partition coefficient (Wildman–Crippen LogP) is 4.86. The number of hydrogen-bond donors (Lipinski definition) is 2. The smallest absolute Gasteiger partial charge is 0.490 e. The first kappa shape index (κ1) is 24.3. The molecule has 0 aromatic heterocycles. The highest BCUT2D eigenvalue weighted by Crippen LogP contribution is 2.32. The third-order valence-corrected chi connectivity index (χ3v) is 4.56. The summed E-state index contributed by atoms with van der Waals surface area (Å²) in [7, 11) is 1.65. The minimum atomic E-state index is -5.08. The highest BCUT2D eigenvalue weighted by atomic mass is 35.5. The lowest BCUT2D eigenvalue weighted by Crippen LogP contribution is -2.29. The van der Waals surface area contributed by atoms with Gasteiger partial charge in [0, 0.05) is 11.1 Å². The third-order valence-electron chi connectivity index (χ3n) is 4.30. The van der Waals surface area contributed by atoms with E-state index < -0.39 is 12.1 Å². The lowest BCUT2D eigenvalue weighted by molar-refractivity contribution is -0.192. The molecule has 6 nitrogen and oxygen atoms in total. The van der Waals surface area contributed by atoms with Crippen molar-refractivity contribution >= 4 is 23.4 Å². The minimum absolute atomic E-state index is 0.0499. The van der Waals surface area contributed by atoms with Gasteiger partial charge in [-0.1, -0.05) is 23.7 Å². The maximum Gasteiger partial charge on any atom is 0.490 e. The standard InChI is InChI=1S/C19H21ClN2O2.C2HF3O2/c1-4-24-17-11-15(23-3)9-10-16(17)19-21-12(2)18(22-19)13-5-7-14(20)8-6-13;3-2(4,5)1(6)7/h5-12,18H,4H2,1-3H3,(H,21,22);(H,6,7). The summed E-state index contributed by atoms with van der Waals surface area (Å²) >= 11 is 5.98. The maximum atomic E-state index is 10.6. The van der Waals surface area contributed by atoms with Gasteiger partial charge in [-0.2, -0.15) is 13.2 Å². The molecule has 31 heavy (non-hydrogen) atoms. The maximum absolute atomic E-state index is 10.6. The number of methoxy groups -OCH3 is 1. The summed E-state index contributed by atoms with van der Waals surface area (Å²) in [5.74, 6) is -0.379. The first-order chi connectivity index (χ1) is 14.6. The fourth-order valence-electron chi connectivity index (χ4n) is 2.85. The molecule has 0 saturated carbocycles. The van der Waals surface area contributed by atoms with Gasteiger partial charge in [-0.15, -0.1) is 0 Å². The van der Waals surface area contributed by atoms with Crippen LogP contribution in [0.1, 0.15) is 31.0 Å². The quantitative estimate of drug-likeness (QED) is 0.668. The molecule has 2 aromatic rings. The van der Waals surface area contributed by atoms with Crippen molar-refractivity contribution in [2.24, 2.45) is 4.99 Å². The molecule has 1 aliphatic heterocycles. The summed E-state index contributed by atoms with van der Waals surface area (Å²) < 4.78 is 42.8. The van der Waals surface area contributed by atoms with Crippen molar-refractivity contribution in [3.05, 3.63) is 58.6 Å². The van der Waals surface area contributed by atoms with Gasteiger partial charge in [-0.05, 0) is 43.7 Å². The number of halogens is 4. The molecule has 0 fully saturated rings. The van der Waals surface area contributed by atoms with Crippen molar-refractivity contribution in [1.82, 2.24) is 5.32 Å². The molecule has 168 valence electrons. The topological polar surface area (TPSA) is 80.2 Å². The van der Waals surface area contributed by atoms with Crippen molar-refractivity contribution < 1.29 is 32.5 Å². The van der Waals surface area contributed by atoms with Crippen molar-refractivity contribution in [2.45, 2.75) is 32.1 Å². The molecule has 2 N–H and O–H groups in total. The Balaban J connectivity index is 0.000000423. The van der Waals surface area contributed by atoms with E-state index in [2.05, 4.69) is 12.2 Å². The number of hydrogen-bond acceptors (Lipinski definition) is 5. The Morgan fingerprint density at radius 1 is 1.23 bits per heavy atom. The van der Waals surface area contributed by atoms with Crippen LogP contribution in [-0.4, -0.2) is 42.8 Å². The number of nitrogens with one attached hydrogen (secondary N) is 1. The highest BCUT2D eigenvalue weighted by Gasteiger charge is 2.38. The number of amidine groups is 1. The first-order valence-corrected chi connectivity index (χ1v) is 9.65. The monoisotopic (exact) mass is 458 g/mol. The predicted molar refractivity (Wildman–Crippen MR) is 111 cm³/mol. The molecule has 0 radical (unpaired) electrons. The molecule has 0 aliphatic carbocycles. The molecule has 0 amide bonds. The average Bonchev–Trinajstić information content (AvgIpc) is 3.10. The summed E-state index contributed by atoms with van der Waals surface area (Å²) in [6.07, 6.45) is -5.08. The fourth-order valence-corrected chi connectivity index (χ4v) is 2.98. The van der Waals surface area contributed by atoms with Crippen molar-refractivity contribution in [3.63, 3.8) is 0 Å². The number of ether oxygens (including phenoxy) is 2. The summed E-state index contributed by atoms with van der Waals surface area (Å²) in [5, 5.41) is 11.3. The van der Waals surface area contributed by atoms with E-state index in [0.717, 1.165) is 33.5 Å². The van der Waals surface area contributed by atoms with Crippen molar-refractivity contribution in [1.29, 1.82) is 0 Å². The Hall–Kier alpha value is -2.94. The zero-order valence-electron chi connectivity index (χ0n) is 17.0. The molecule has 3 rings (SSSR count). The van der Waals surface area contributed by atoms with Crippen LogP contribution in [0.3, 0.4) is 0 Å². The Bertz CT molecular complexity index is 933. The Kier molecular flexibility index (Phi) is 8.15. The van der Waals surface area contributed by atoms with E-state index in [1.54, 1.807) is 7.11 Å². The van der Waals surface area contributed by atoms with Crippen molar-refractivity contribution in [2.75, 3.05) is 13.7 Å². The molecular weight excluding hydrogens is 437 g/mol. The Morgan fingerprint density at radius 3 is 2.35 bits per heavy atom. The number of aliphatic imine (C=N–C) groups is 1. The van der Waals surface area contributed by atoms with Gasteiger partial charge in [-0.25, -0.2) is 4.79 Å². The van der Waals surface area contributed by atoms with E-state index in [1.165, 1.54) is 0 Å². The normalized spacial score (nSPS) is 17.7. The number of benzene rings is 2. The summed E-state index contributed by atoms with van der Waals surface area (Å²) in [4.78, 5) is 13.8. The van der Waals surface area contributed by atoms with Crippen LogP contribution in [-0.2, 0) is 4.79 Å². The number of nitrogens with zero attached hydrogens (tertiary/aromatic N) is 1. The lowest BCUT2D eigenvalue weighted by Gasteiger charge is -2.15. The van der Waals surface area contributed by atoms with Gasteiger partial charge in [0.05, 0.1) is 31.4 Å². The van der Waals surface area contributed by atoms with E-state index in [4.69, 9.17) is 36.0 Å². The van der Waals surface area contributed by atoms with E-state index in [9.17, 15) is 13.2 Å². The van der Waals surface area contributed by atoms with Crippen molar-refractivity contribution in [3.8, 4) is 11.5 Å². The molecule has 10 heteroatoms. The number of carboxylic acid groups (broad SMARTS) is 1. The van der Waals surface area contributed by atoms with Crippen LogP contribution < -0.4 is 14.8 Å².